The summed E-state index contributed by atoms with van der Waals surface area (Å²) in [5, 5.41) is 9.95. The third-order valence-electron chi connectivity index (χ3n) is 4.40. The Morgan fingerprint density at radius 3 is 2.80 bits per heavy atom. The van der Waals surface area contributed by atoms with Crippen molar-refractivity contribution in [2.24, 2.45) is 7.05 Å². The molecular formula is C17H18FN3O4. The molecule has 1 aliphatic rings. The Morgan fingerprint density at radius 1 is 1.32 bits per heavy atom. The molecule has 2 heterocycles. The zero-order chi connectivity index (χ0) is 18.1. The molecule has 25 heavy (non-hydrogen) atoms. The van der Waals surface area contributed by atoms with Crippen LogP contribution in [0.15, 0.2) is 46.1 Å². The van der Waals surface area contributed by atoms with E-state index in [1.165, 1.54) is 36.3 Å². The zero-order valence-electron chi connectivity index (χ0n) is 13.6. The summed E-state index contributed by atoms with van der Waals surface area (Å²) in [6, 6.07) is 6.64. The topological polar surface area (TPSA) is 84.5 Å². The Bertz CT molecular complexity index is 921. The van der Waals surface area contributed by atoms with Gasteiger partial charge in [0.1, 0.15) is 12.4 Å². The number of β-amino-alcohol motifs (C(OH)–C–C–N with tert-alkyl or cyclic N) is 1. The van der Waals surface area contributed by atoms with Crippen LogP contribution in [0, 0.1) is 5.82 Å². The van der Waals surface area contributed by atoms with E-state index in [9.17, 15) is 23.9 Å². The average molecular weight is 347 g/mol. The molecule has 1 fully saturated rings. The summed E-state index contributed by atoms with van der Waals surface area (Å²) in [7, 11) is 1.33. The van der Waals surface area contributed by atoms with Crippen LogP contribution in [-0.2, 0) is 18.4 Å². The van der Waals surface area contributed by atoms with E-state index in [0.717, 1.165) is 9.13 Å². The molecule has 132 valence electrons. The molecule has 0 spiro atoms. The molecule has 3 rings (SSSR count). The van der Waals surface area contributed by atoms with E-state index in [1.54, 1.807) is 12.1 Å². The van der Waals surface area contributed by atoms with E-state index in [1.807, 2.05) is 0 Å². The Balaban J connectivity index is 1.86. The second-order valence-electron chi connectivity index (χ2n) is 6.13. The van der Waals surface area contributed by atoms with Crippen molar-refractivity contribution in [2.45, 2.75) is 25.1 Å². The number of nitrogens with zero attached hydrogens (tertiary/aromatic N) is 3. The fraction of sp³-hybridized carbons (Fsp3) is 0.353. The summed E-state index contributed by atoms with van der Waals surface area (Å²) < 4.78 is 15.5. The van der Waals surface area contributed by atoms with E-state index in [-0.39, 0.29) is 19.0 Å². The highest BCUT2D eigenvalue weighted by Crippen LogP contribution is 2.32. The normalized spacial score (nSPS) is 20.0. The van der Waals surface area contributed by atoms with Gasteiger partial charge < -0.3 is 10.0 Å². The number of hydrogen-bond donors (Lipinski definition) is 1. The Hall–Kier alpha value is -2.74. The SMILES string of the molecule is Cn1c(=O)ccn(CC(=O)N2CC(O)CC2c2cccc(F)c2)c1=O. The van der Waals surface area contributed by atoms with Crippen LogP contribution in [0.25, 0.3) is 0 Å². The molecule has 0 aliphatic carbocycles. The number of carbonyl (C=O) groups is 1. The highest BCUT2D eigenvalue weighted by molar-refractivity contribution is 5.77. The van der Waals surface area contributed by atoms with Gasteiger partial charge in [0.15, 0.2) is 0 Å². The van der Waals surface area contributed by atoms with Gasteiger partial charge in [0, 0.05) is 25.9 Å². The molecule has 1 aromatic carbocycles. The van der Waals surface area contributed by atoms with Gasteiger partial charge in [-0.15, -0.1) is 0 Å². The number of amides is 1. The number of aliphatic hydroxyl groups is 1. The van der Waals surface area contributed by atoms with Crippen LogP contribution < -0.4 is 11.2 Å². The molecule has 1 aliphatic heterocycles. The lowest BCUT2D eigenvalue weighted by molar-refractivity contribution is -0.133. The van der Waals surface area contributed by atoms with Gasteiger partial charge in [-0.25, -0.2) is 9.18 Å². The van der Waals surface area contributed by atoms with Gasteiger partial charge >= 0.3 is 5.69 Å². The van der Waals surface area contributed by atoms with Gasteiger partial charge in [0.05, 0.1) is 12.1 Å². The summed E-state index contributed by atoms with van der Waals surface area (Å²) in [4.78, 5) is 37.6. The van der Waals surface area contributed by atoms with Crippen LogP contribution in [-0.4, -0.2) is 37.7 Å². The minimum atomic E-state index is -0.714. The smallest absolute Gasteiger partial charge is 0.331 e. The van der Waals surface area contributed by atoms with Crippen molar-refractivity contribution >= 4 is 5.91 Å². The van der Waals surface area contributed by atoms with Crippen molar-refractivity contribution in [2.75, 3.05) is 6.54 Å². The van der Waals surface area contributed by atoms with Crippen molar-refractivity contribution in [1.82, 2.24) is 14.0 Å². The van der Waals surface area contributed by atoms with Crippen molar-refractivity contribution in [1.29, 1.82) is 0 Å². The second-order valence-corrected chi connectivity index (χ2v) is 6.13. The zero-order valence-corrected chi connectivity index (χ0v) is 13.6. The summed E-state index contributed by atoms with van der Waals surface area (Å²) in [6.45, 7) is -0.147. The lowest BCUT2D eigenvalue weighted by atomic mass is 10.0. The Labute approximate surface area is 142 Å². The lowest BCUT2D eigenvalue weighted by Gasteiger charge is -2.25. The standard InChI is InChI=1S/C17H18FN3O4/c1-19-15(23)5-6-20(17(19)25)10-16(24)21-9-13(22)8-14(21)11-3-2-4-12(18)7-11/h2-7,13-14,22H,8-10H2,1H3. The quantitative estimate of drug-likeness (QED) is 0.848. The Kier molecular flexibility index (Phi) is 4.54. The van der Waals surface area contributed by atoms with E-state index >= 15 is 0 Å². The van der Waals surface area contributed by atoms with Crippen LogP contribution >= 0.6 is 0 Å². The fourth-order valence-corrected chi connectivity index (χ4v) is 3.09. The molecule has 0 bridgehead atoms. The first kappa shape index (κ1) is 17.1. The van der Waals surface area contributed by atoms with Gasteiger partial charge in [0.2, 0.25) is 5.91 Å². The molecular weight excluding hydrogens is 329 g/mol. The van der Waals surface area contributed by atoms with Crippen LogP contribution in [0.4, 0.5) is 4.39 Å². The number of benzene rings is 1. The number of rotatable bonds is 3. The third-order valence-corrected chi connectivity index (χ3v) is 4.40. The number of likely N-dealkylation sites (tertiary alicyclic amines) is 1. The van der Waals surface area contributed by atoms with E-state index < -0.39 is 29.2 Å². The van der Waals surface area contributed by atoms with Gasteiger partial charge in [-0.3, -0.25) is 18.7 Å². The molecule has 8 heteroatoms. The van der Waals surface area contributed by atoms with Crippen LogP contribution in [0.2, 0.25) is 0 Å². The molecule has 0 radical (unpaired) electrons. The highest BCUT2D eigenvalue weighted by Gasteiger charge is 2.35. The van der Waals surface area contributed by atoms with E-state index in [0.29, 0.717) is 12.0 Å². The predicted octanol–water partition coefficient (Wildman–Crippen LogP) is 0.0206. The molecule has 1 aromatic heterocycles. The number of aliphatic hydroxyl groups excluding tert-OH is 1. The number of carbonyl (C=O) groups excluding carboxylic acids is 1. The second kappa shape index (κ2) is 6.64. The number of halogens is 1. The van der Waals surface area contributed by atoms with Crippen molar-refractivity contribution in [3.05, 3.63) is 68.7 Å². The maximum atomic E-state index is 13.5. The van der Waals surface area contributed by atoms with Gasteiger partial charge in [0.25, 0.3) is 5.56 Å². The van der Waals surface area contributed by atoms with Crippen LogP contribution in [0.3, 0.4) is 0 Å². The largest absolute Gasteiger partial charge is 0.391 e. The first-order valence-electron chi connectivity index (χ1n) is 7.86. The summed E-state index contributed by atoms with van der Waals surface area (Å²) >= 11 is 0. The van der Waals surface area contributed by atoms with Gasteiger partial charge in [-0.2, -0.15) is 0 Å². The van der Waals surface area contributed by atoms with Gasteiger partial charge in [-0.05, 0) is 24.1 Å². The number of aromatic nitrogens is 2. The van der Waals surface area contributed by atoms with Gasteiger partial charge in [-0.1, -0.05) is 12.1 Å². The number of hydrogen-bond acceptors (Lipinski definition) is 4. The summed E-state index contributed by atoms with van der Waals surface area (Å²) in [5.74, 6) is -0.799. The van der Waals surface area contributed by atoms with E-state index in [4.69, 9.17) is 0 Å². The van der Waals surface area contributed by atoms with Crippen molar-refractivity contribution < 1.29 is 14.3 Å². The lowest BCUT2D eigenvalue weighted by Crippen LogP contribution is -2.41. The molecule has 1 amide bonds. The van der Waals surface area contributed by atoms with E-state index in [2.05, 4.69) is 0 Å². The molecule has 0 saturated carbocycles. The van der Waals surface area contributed by atoms with Crippen LogP contribution in [0.1, 0.15) is 18.0 Å². The summed E-state index contributed by atoms with van der Waals surface area (Å²) in [6.07, 6.45) is 0.859. The molecule has 2 atom stereocenters. The summed E-state index contributed by atoms with van der Waals surface area (Å²) in [5.41, 5.74) is -0.455. The first-order chi connectivity index (χ1) is 11.9. The van der Waals surface area contributed by atoms with Crippen molar-refractivity contribution in [3.63, 3.8) is 0 Å². The van der Waals surface area contributed by atoms with Crippen LogP contribution in [0.5, 0.6) is 0 Å². The average Bonchev–Trinajstić information content (AvgIpc) is 2.97. The first-order valence-corrected chi connectivity index (χ1v) is 7.86. The predicted molar refractivity (Wildman–Crippen MR) is 87.4 cm³/mol. The molecule has 1 N–H and O–H groups in total. The molecule has 7 nitrogen and oxygen atoms in total. The van der Waals surface area contributed by atoms with Crippen molar-refractivity contribution in [3.8, 4) is 0 Å². The maximum absolute atomic E-state index is 13.5. The molecule has 1 saturated heterocycles. The molecule has 2 aromatic rings. The monoisotopic (exact) mass is 347 g/mol. The fourth-order valence-electron chi connectivity index (χ4n) is 3.09. The Morgan fingerprint density at radius 2 is 2.08 bits per heavy atom. The highest BCUT2D eigenvalue weighted by atomic mass is 19.1. The minimum Gasteiger partial charge on any atom is -0.391 e. The minimum absolute atomic E-state index is 0.112. The maximum Gasteiger partial charge on any atom is 0.331 e. The molecule has 2 unspecified atom stereocenters. The third kappa shape index (κ3) is 3.39.